The number of nitrogens with zero attached hydrogens (tertiary/aromatic N) is 2. The van der Waals surface area contributed by atoms with Crippen molar-refractivity contribution >= 4 is 0 Å². The molecule has 80 valence electrons. The van der Waals surface area contributed by atoms with Crippen LogP contribution in [-0.2, 0) is 0 Å². The van der Waals surface area contributed by atoms with E-state index in [0.29, 0.717) is 17.2 Å². The minimum atomic E-state index is 0.472. The molecule has 4 nitrogen and oxygen atoms in total. The van der Waals surface area contributed by atoms with Crippen LogP contribution < -0.4 is 4.74 Å². The Hall–Kier alpha value is -2.28. The number of nitriles is 1. The van der Waals surface area contributed by atoms with Gasteiger partial charge in [0, 0.05) is 11.8 Å². The molecule has 0 aliphatic heterocycles. The molecule has 0 saturated heterocycles. The molecule has 2 aromatic rings. The summed E-state index contributed by atoms with van der Waals surface area (Å²) in [7, 11) is 0. The molecule has 0 aliphatic carbocycles. The number of hydrogen-bond donors (Lipinski definition) is 1. The van der Waals surface area contributed by atoms with Crippen LogP contribution in [0.3, 0.4) is 0 Å². The number of H-pyrrole nitrogens is 1. The van der Waals surface area contributed by atoms with Gasteiger partial charge < -0.3 is 4.74 Å². The molecule has 1 heterocycles. The molecule has 16 heavy (non-hydrogen) atoms. The van der Waals surface area contributed by atoms with E-state index in [4.69, 9.17) is 10.00 Å². The average molecular weight is 213 g/mol. The number of aromatic amines is 1. The van der Waals surface area contributed by atoms with E-state index in [1.807, 2.05) is 26.0 Å². The van der Waals surface area contributed by atoms with Gasteiger partial charge in [0.2, 0.25) is 5.88 Å². The summed E-state index contributed by atoms with van der Waals surface area (Å²) in [6.45, 7) is 3.84. The summed E-state index contributed by atoms with van der Waals surface area (Å²) in [5.41, 5.74) is 2.47. The molecule has 0 unspecified atom stereocenters. The van der Waals surface area contributed by atoms with Crippen LogP contribution in [0.25, 0.3) is 0 Å². The summed E-state index contributed by atoms with van der Waals surface area (Å²) in [6.07, 6.45) is 0. The Balaban J connectivity index is 2.34. The zero-order valence-electron chi connectivity index (χ0n) is 9.11. The Morgan fingerprint density at radius 3 is 2.75 bits per heavy atom. The number of ether oxygens (including phenoxy) is 1. The molecule has 4 heteroatoms. The summed E-state index contributed by atoms with van der Waals surface area (Å²) >= 11 is 0. The second-order valence-electron chi connectivity index (χ2n) is 3.60. The molecule has 1 N–H and O–H groups in total. The van der Waals surface area contributed by atoms with Crippen molar-refractivity contribution in [3.8, 4) is 17.7 Å². The summed E-state index contributed by atoms with van der Waals surface area (Å²) in [6, 6.07) is 9.31. The lowest BCUT2D eigenvalue weighted by Crippen LogP contribution is -1.89. The normalized spacial score (nSPS) is 9.81. The van der Waals surface area contributed by atoms with Gasteiger partial charge in [-0.3, -0.25) is 5.10 Å². The molecule has 0 spiro atoms. The lowest BCUT2D eigenvalue weighted by atomic mass is 10.1. The molecule has 1 aromatic carbocycles. The molecule has 0 atom stereocenters. The molecule has 0 radical (unpaired) electrons. The van der Waals surface area contributed by atoms with Crippen LogP contribution in [0.5, 0.6) is 11.6 Å². The first-order valence-electron chi connectivity index (χ1n) is 4.89. The van der Waals surface area contributed by atoms with Gasteiger partial charge in [0.15, 0.2) is 0 Å². The van der Waals surface area contributed by atoms with Gasteiger partial charge in [0.1, 0.15) is 11.8 Å². The highest BCUT2D eigenvalue weighted by Crippen LogP contribution is 2.24. The summed E-state index contributed by atoms with van der Waals surface area (Å²) in [4.78, 5) is 0. The average Bonchev–Trinajstić information content (AvgIpc) is 2.64. The van der Waals surface area contributed by atoms with Crippen molar-refractivity contribution in [1.82, 2.24) is 10.2 Å². The van der Waals surface area contributed by atoms with E-state index in [1.165, 1.54) is 0 Å². The minimum absolute atomic E-state index is 0.472. The Morgan fingerprint density at radius 1 is 1.31 bits per heavy atom. The lowest BCUT2D eigenvalue weighted by molar-refractivity contribution is 0.460. The Kier molecular flexibility index (Phi) is 2.61. The van der Waals surface area contributed by atoms with Gasteiger partial charge in [-0.15, -0.1) is 5.10 Å². The van der Waals surface area contributed by atoms with Gasteiger partial charge >= 0.3 is 0 Å². The monoisotopic (exact) mass is 213 g/mol. The first-order chi connectivity index (χ1) is 7.69. The van der Waals surface area contributed by atoms with Gasteiger partial charge in [0.25, 0.3) is 0 Å². The Morgan fingerprint density at radius 2 is 2.12 bits per heavy atom. The maximum absolute atomic E-state index is 8.93. The Labute approximate surface area is 93.5 Å². The first kappa shape index (κ1) is 10.2. The zero-order valence-corrected chi connectivity index (χ0v) is 9.11. The predicted molar refractivity (Wildman–Crippen MR) is 59.3 cm³/mol. The number of benzene rings is 1. The number of rotatable bonds is 2. The van der Waals surface area contributed by atoms with Crippen LogP contribution in [0.15, 0.2) is 24.3 Å². The van der Waals surface area contributed by atoms with Gasteiger partial charge in [0.05, 0.1) is 5.56 Å². The van der Waals surface area contributed by atoms with Crippen molar-refractivity contribution < 1.29 is 4.74 Å². The van der Waals surface area contributed by atoms with Crippen LogP contribution in [0.1, 0.15) is 16.8 Å². The van der Waals surface area contributed by atoms with Crippen LogP contribution in [0, 0.1) is 25.2 Å². The van der Waals surface area contributed by atoms with Crippen molar-refractivity contribution in [1.29, 1.82) is 5.26 Å². The molecule has 2 rings (SSSR count). The number of hydrogen-bond acceptors (Lipinski definition) is 3. The largest absolute Gasteiger partial charge is 0.436 e. The third-order valence-corrected chi connectivity index (χ3v) is 2.15. The molecule has 0 fully saturated rings. The SMILES string of the molecule is Cc1ccc(C#N)c(Oc2cc(C)[nH]n2)c1. The van der Waals surface area contributed by atoms with E-state index in [-0.39, 0.29) is 0 Å². The molecule has 0 bridgehead atoms. The smallest absolute Gasteiger partial charge is 0.238 e. The number of aromatic nitrogens is 2. The van der Waals surface area contributed by atoms with Crippen LogP contribution in [0.2, 0.25) is 0 Å². The van der Waals surface area contributed by atoms with Crippen LogP contribution in [-0.4, -0.2) is 10.2 Å². The summed E-state index contributed by atoms with van der Waals surface area (Å²) < 4.78 is 5.54. The van der Waals surface area contributed by atoms with Crippen molar-refractivity contribution in [2.24, 2.45) is 0 Å². The zero-order chi connectivity index (χ0) is 11.5. The van der Waals surface area contributed by atoms with E-state index in [2.05, 4.69) is 16.3 Å². The summed E-state index contributed by atoms with van der Waals surface area (Å²) in [5.74, 6) is 1.01. The fourth-order valence-corrected chi connectivity index (χ4v) is 1.36. The second-order valence-corrected chi connectivity index (χ2v) is 3.60. The van der Waals surface area contributed by atoms with E-state index in [9.17, 15) is 0 Å². The minimum Gasteiger partial charge on any atom is -0.436 e. The van der Waals surface area contributed by atoms with E-state index < -0.39 is 0 Å². The van der Waals surface area contributed by atoms with E-state index in [1.54, 1.807) is 12.1 Å². The van der Waals surface area contributed by atoms with Crippen molar-refractivity contribution in [2.45, 2.75) is 13.8 Å². The molecular weight excluding hydrogens is 202 g/mol. The second kappa shape index (κ2) is 4.07. The predicted octanol–water partition coefficient (Wildman–Crippen LogP) is 2.69. The van der Waals surface area contributed by atoms with Gasteiger partial charge in [-0.2, -0.15) is 5.26 Å². The molecule has 0 amide bonds. The third kappa shape index (κ3) is 2.04. The lowest BCUT2D eigenvalue weighted by Gasteiger charge is -2.04. The standard InChI is InChI=1S/C12H11N3O/c1-8-3-4-10(7-13)11(5-8)16-12-6-9(2)14-15-12/h3-6H,1-2H3,(H,14,15). The number of aryl methyl sites for hydroxylation is 2. The van der Waals surface area contributed by atoms with Crippen molar-refractivity contribution in [3.63, 3.8) is 0 Å². The van der Waals surface area contributed by atoms with Crippen molar-refractivity contribution in [3.05, 3.63) is 41.1 Å². The molecule has 1 aromatic heterocycles. The molecule has 0 aliphatic rings. The third-order valence-electron chi connectivity index (χ3n) is 2.15. The fraction of sp³-hybridized carbons (Fsp3) is 0.167. The Bertz CT molecular complexity index is 552. The van der Waals surface area contributed by atoms with Crippen molar-refractivity contribution in [2.75, 3.05) is 0 Å². The van der Waals surface area contributed by atoms with Gasteiger partial charge in [-0.1, -0.05) is 6.07 Å². The first-order valence-corrected chi connectivity index (χ1v) is 4.89. The van der Waals surface area contributed by atoms with Crippen LogP contribution >= 0.6 is 0 Å². The fourth-order valence-electron chi connectivity index (χ4n) is 1.36. The maximum Gasteiger partial charge on any atom is 0.238 e. The van der Waals surface area contributed by atoms with Crippen LogP contribution in [0.4, 0.5) is 0 Å². The van der Waals surface area contributed by atoms with Gasteiger partial charge in [-0.25, -0.2) is 0 Å². The highest BCUT2D eigenvalue weighted by Gasteiger charge is 2.06. The van der Waals surface area contributed by atoms with E-state index in [0.717, 1.165) is 11.3 Å². The summed E-state index contributed by atoms with van der Waals surface area (Å²) in [5, 5.41) is 15.7. The van der Waals surface area contributed by atoms with Gasteiger partial charge in [-0.05, 0) is 31.5 Å². The molecule has 0 saturated carbocycles. The number of nitrogens with one attached hydrogen (secondary N) is 1. The maximum atomic E-state index is 8.93. The highest BCUT2D eigenvalue weighted by molar-refractivity contribution is 5.46. The van der Waals surface area contributed by atoms with E-state index >= 15 is 0 Å². The molecular formula is C12H11N3O. The highest BCUT2D eigenvalue weighted by atomic mass is 16.5. The topological polar surface area (TPSA) is 61.7 Å². The quantitative estimate of drug-likeness (QED) is 0.834.